The van der Waals surface area contributed by atoms with Crippen molar-refractivity contribution in [2.24, 2.45) is 0 Å². The van der Waals surface area contributed by atoms with Crippen LogP contribution in [0.5, 0.6) is 0 Å². The Balaban J connectivity index is 1.65. The van der Waals surface area contributed by atoms with Crippen molar-refractivity contribution in [3.8, 4) is 22.9 Å². The van der Waals surface area contributed by atoms with Gasteiger partial charge in [-0.25, -0.2) is 13.2 Å². The Bertz CT molecular complexity index is 1450. The maximum absolute atomic E-state index is 12.5. The third-order valence-electron chi connectivity index (χ3n) is 4.24. The largest absolute Gasteiger partial charge is 0.416 e. The molecule has 152 valence electrons. The summed E-state index contributed by atoms with van der Waals surface area (Å²) in [4.78, 5) is 26.3. The zero-order valence-electron chi connectivity index (χ0n) is 15.5. The second-order valence-electron chi connectivity index (χ2n) is 6.35. The lowest BCUT2D eigenvalue weighted by Crippen LogP contribution is -2.29. The van der Waals surface area contributed by atoms with E-state index in [9.17, 15) is 18.0 Å². The molecule has 0 unspecified atom stereocenters. The standard InChI is InChI=1S/C19H15N5O5S/c1-11-5-2-3-8-14(11)18-23-22-17(29-18)12-6-4-7-13(9-12)24-30(27,28)15-10-20-19(26)21-16(15)25/h2-10,24H,1H3,(H2,20,21,25,26). The lowest BCUT2D eigenvalue weighted by molar-refractivity contribution is 0.584. The van der Waals surface area contributed by atoms with Crippen molar-refractivity contribution in [1.29, 1.82) is 0 Å². The molecule has 4 aromatic rings. The first-order chi connectivity index (χ1) is 14.3. The maximum Gasteiger partial charge on any atom is 0.325 e. The molecule has 2 aromatic carbocycles. The molecular weight excluding hydrogens is 410 g/mol. The van der Waals surface area contributed by atoms with Crippen LogP contribution in [-0.2, 0) is 10.0 Å². The van der Waals surface area contributed by atoms with E-state index in [1.54, 1.807) is 12.1 Å². The molecule has 2 heterocycles. The van der Waals surface area contributed by atoms with Crippen molar-refractivity contribution in [2.75, 3.05) is 4.72 Å². The smallest absolute Gasteiger partial charge is 0.325 e. The number of aryl methyl sites for hydroxylation is 1. The number of rotatable bonds is 5. The van der Waals surface area contributed by atoms with E-state index in [-0.39, 0.29) is 11.6 Å². The van der Waals surface area contributed by atoms with Crippen LogP contribution in [0.25, 0.3) is 22.9 Å². The quantitative estimate of drug-likeness (QED) is 0.442. The first-order valence-corrected chi connectivity index (χ1v) is 10.2. The summed E-state index contributed by atoms with van der Waals surface area (Å²) in [6.45, 7) is 1.92. The number of nitrogens with one attached hydrogen (secondary N) is 3. The summed E-state index contributed by atoms with van der Waals surface area (Å²) < 4.78 is 33.0. The molecule has 2 aromatic heterocycles. The Morgan fingerprint density at radius 2 is 1.77 bits per heavy atom. The van der Waals surface area contributed by atoms with Crippen molar-refractivity contribution in [1.82, 2.24) is 20.2 Å². The summed E-state index contributed by atoms with van der Waals surface area (Å²) in [5.41, 5.74) is 0.598. The van der Waals surface area contributed by atoms with Gasteiger partial charge in [0.2, 0.25) is 11.8 Å². The predicted molar refractivity (Wildman–Crippen MR) is 108 cm³/mol. The monoisotopic (exact) mass is 425 g/mol. The second kappa shape index (κ2) is 7.44. The molecule has 3 N–H and O–H groups in total. The molecule has 0 bridgehead atoms. The average molecular weight is 425 g/mol. The van der Waals surface area contributed by atoms with E-state index >= 15 is 0 Å². The van der Waals surface area contributed by atoms with Crippen molar-refractivity contribution >= 4 is 15.7 Å². The van der Waals surface area contributed by atoms with Gasteiger partial charge in [-0.3, -0.25) is 14.5 Å². The molecule has 0 saturated carbocycles. The number of sulfonamides is 1. The normalized spacial score (nSPS) is 11.4. The fourth-order valence-corrected chi connectivity index (χ4v) is 3.84. The molecule has 0 amide bonds. The topological polar surface area (TPSA) is 151 Å². The Labute approximate surface area is 169 Å². The lowest BCUT2D eigenvalue weighted by Gasteiger charge is -2.07. The molecule has 0 radical (unpaired) electrons. The molecule has 11 heteroatoms. The average Bonchev–Trinajstić information content (AvgIpc) is 3.18. The van der Waals surface area contributed by atoms with Gasteiger partial charge in [-0.05, 0) is 36.8 Å². The number of hydrogen-bond donors (Lipinski definition) is 3. The minimum atomic E-state index is -4.23. The molecule has 0 spiro atoms. The fraction of sp³-hybridized carbons (Fsp3) is 0.0526. The van der Waals surface area contributed by atoms with Crippen molar-refractivity contribution < 1.29 is 12.8 Å². The summed E-state index contributed by atoms with van der Waals surface area (Å²) in [5.74, 6) is 0.546. The SMILES string of the molecule is Cc1ccccc1-c1nnc(-c2cccc(NS(=O)(=O)c3c[nH]c(=O)[nH]c3=O)c2)o1. The minimum Gasteiger partial charge on any atom is -0.416 e. The zero-order valence-corrected chi connectivity index (χ0v) is 16.4. The van der Waals surface area contributed by atoms with Gasteiger partial charge >= 0.3 is 5.69 Å². The highest BCUT2D eigenvalue weighted by Gasteiger charge is 2.20. The van der Waals surface area contributed by atoms with Gasteiger partial charge in [0.1, 0.15) is 0 Å². The highest BCUT2D eigenvalue weighted by molar-refractivity contribution is 7.92. The number of nitrogens with zero attached hydrogens (tertiary/aromatic N) is 2. The molecule has 0 aliphatic carbocycles. The van der Waals surface area contributed by atoms with E-state index in [2.05, 4.69) is 19.9 Å². The zero-order chi connectivity index (χ0) is 21.3. The summed E-state index contributed by atoms with van der Waals surface area (Å²) >= 11 is 0. The number of hydrogen-bond acceptors (Lipinski definition) is 7. The first-order valence-electron chi connectivity index (χ1n) is 8.68. The highest BCUT2D eigenvalue weighted by atomic mass is 32.2. The van der Waals surface area contributed by atoms with E-state index in [0.717, 1.165) is 17.3 Å². The minimum absolute atomic E-state index is 0.175. The predicted octanol–water partition coefficient (Wildman–Crippen LogP) is 1.89. The number of anilines is 1. The molecule has 0 saturated heterocycles. The van der Waals surface area contributed by atoms with Crippen LogP contribution >= 0.6 is 0 Å². The summed E-state index contributed by atoms with van der Waals surface area (Å²) in [5, 5.41) is 8.10. The highest BCUT2D eigenvalue weighted by Crippen LogP contribution is 2.27. The van der Waals surface area contributed by atoms with Crippen LogP contribution < -0.4 is 16.0 Å². The van der Waals surface area contributed by atoms with Crippen molar-refractivity contribution in [2.45, 2.75) is 11.8 Å². The summed E-state index contributed by atoms with van der Waals surface area (Å²) in [7, 11) is -4.23. The Morgan fingerprint density at radius 3 is 2.53 bits per heavy atom. The van der Waals surface area contributed by atoms with Gasteiger partial charge in [-0.1, -0.05) is 24.3 Å². The van der Waals surface area contributed by atoms with Crippen LogP contribution in [0.2, 0.25) is 0 Å². The van der Waals surface area contributed by atoms with Crippen LogP contribution in [0.15, 0.2) is 73.6 Å². The number of benzene rings is 2. The van der Waals surface area contributed by atoms with Crippen LogP contribution in [0.3, 0.4) is 0 Å². The lowest BCUT2D eigenvalue weighted by atomic mass is 10.1. The third kappa shape index (κ3) is 3.78. The molecule has 10 nitrogen and oxygen atoms in total. The van der Waals surface area contributed by atoms with Gasteiger partial charge in [-0.15, -0.1) is 10.2 Å². The van der Waals surface area contributed by atoms with E-state index in [0.29, 0.717) is 11.5 Å². The van der Waals surface area contributed by atoms with Crippen molar-refractivity contribution in [3.05, 3.63) is 81.1 Å². The third-order valence-corrected chi connectivity index (χ3v) is 5.62. The Kier molecular flexibility index (Phi) is 4.80. The maximum atomic E-state index is 12.5. The van der Waals surface area contributed by atoms with Crippen LogP contribution in [0, 0.1) is 6.92 Å². The molecule has 0 atom stereocenters. The van der Waals surface area contributed by atoms with Gasteiger partial charge in [0.15, 0.2) is 4.90 Å². The molecule has 0 fully saturated rings. The van der Waals surface area contributed by atoms with Gasteiger partial charge in [0.25, 0.3) is 15.6 Å². The number of aromatic amines is 2. The molecule has 30 heavy (non-hydrogen) atoms. The van der Waals surface area contributed by atoms with E-state index < -0.39 is 26.2 Å². The number of aromatic nitrogens is 4. The van der Waals surface area contributed by atoms with Gasteiger partial charge in [0.05, 0.1) is 0 Å². The van der Waals surface area contributed by atoms with Gasteiger partial charge in [-0.2, -0.15) is 0 Å². The van der Waals surface area contributed by atoms with Crippen molar-refractivity contribution in [3.63, 3.8) is 0 Å². The van der Waals surface area contributed by atoms with Gasteiger partial charge in [0, 0.05) is 23.0 Å². The Morgan fingerprint density at radius 1 is 1.00 bits per heavy atom. The van der Waals surface area contributed by atoms with E-state index in [1.807, 2.05) is 36.2 Å². The van der Waals surface area contributed by atoms with Crippen LogP contribution in [-0.4, -0.2) is 28.6 Å². The van der Waals surface area contributed by atoms with E-state index in [4.69, 9.17) is 4.42 Å². The fourth-order valence-electron chi connectivity index (χ4n) is 2.78. The van der Waals surface area contributed by atoms with Gasteiger partial charge < -0.3 is 9.40 Å². The second-order valence-corrected chi connectivity index (χ2v) is 8.00. The Hall–Kier alpha value is -3.99. The van der Waals surface area contributed by atoms with E-state index in [1.165, 1.54) is 12.1 Å². The molecule has 0 aliphatic heterocycles. The summed E-state index contributed by atoms with van der Waals surface area (Å²) in [6, 6.07) is 13.8. The first kappa shape index (κ1) is 19.3. The molecule has 4 rings (SSSR count). The van der Waals surface area contributed by atoms with Crippen LogP contribution in [0.4, 0.5) is 5.69 Å². The molecular formula is C19H15N5O5S. The number of H-pyrrole nitrogens is 2. The van der Waals surface area contributed by atoms with Crippen LogP contribution in [0.1, 0.15) is 5.56 Å². The summed E-state index contributed by atoms with van der Waals surface area (Å²) in [6.07, 6.45) is 0.833. The molecule has 0 aliphatic rings.